The lowest BCUT2D eigenvalue weighted by molar-refractivity contribution is 0.258. The first-order valence-electron chi connectivity index (χ1n) is 9.25. The Balaban J connectivity index is 1.82. The van der Waals surface area contributed by atoms with Crippen LogP contribution in [0.1, 0.15) is 23.2 Å². The number of pyridine rings is 1. The van der Waals surface area contributed by atoms with Crippen molar-refractivity contribution in [2.45, 2.75) is 19.9 Å². The van der Waals surface area contributed by atoms with Crippen LogP contribution in [-0.2, 0) is 0 Å². The Morgan fingerprint density at radius 3 is 2.68 bits per heavy atom. The predicted octanol–water partition coefficient (Wildman–Crippen LogP) is 3.75. The Hall–Kier alpha value is -3.35. The number of hydrogen-bond acceptors (Lipinski definition) is 6. The quantitative estimate of drug-likeness (QED) is 0.543. The van der Waals surface area contributed by atoms with Gasteiger partial charge in [0.25, 0.3) is 0 Å². The molecule has 142 valence electrons. The van der Waals surface area contributed by atoms with Gasteiger partial charge in [0.15, 0.2) is 5.75 Å². The molecule has 1 atom stereocenters. The summed E-state index contributed by atoms with van der Waals surface area (Å²) in [5, 5.41) is 4.11. The van der Waals surface area contributed by atoms with Gasteiger partial charge in [-0.3, -0.25) is 9.55 Å². The van der Waals surface area contributed by atoms with E-state index in [0.29, 0.717) is 6.61 Å². The molecule has 4 heterocycles. The van der Waals surface area contributed by atoms with E-state index in [0.717, 1.165) is 51.0 Å². The number of hydrogen-bond donors (Lipinski definition) is 0. The van der Waals surface area contributed by atoms with Crippen LogP contribution < -0.4 is 9.64 Å². The van der Waals surface area contributed by atoms with Crippen molar-refractivity contribution >= 4 is 17.0 Å². The van der Waals surface area contributed by atoms with Gasteiger partial charge in [-0.05, 0) is 38.1 Å². The maximum absolute atomic E-state index is 6.33. The van der Waals surface area contributed by atoms with Gasteiger partial charge in [0.2, 0.25) is 5.95 Å². The molecule has 1 aliphatic heterocycles. The van der Waals surface area contributed by atoms with E-state index < -0.39 is 0 Å². The second kappa shape index (κ2) is 6.09. The topological polar surface area (TPSA) is 69.2 Å². The third-order valence-corrected chi connectivity index (χ3v) is 5.22. The van der Waals surface area contributed by atoms with Gasteiger partial charge in [0, 0.05) is 25.9 Å². The number of benzene rings is 1. The van der Waals surface area contributed by atoms with E-state index in [4.69, 9.17) is 14.2 Å². The average molecular weight is 375 g/mol. The van der Waals surface area contributed by atoms with Gasteiger partial charge in [-0.1, -0.05) is 11.2 Å². The zero-order valence-corrected chi connectivity index (χ0v) is 16.3. The van der Waals surface area contributed by atoms with Crippen molar-refractivity contribution in [1.29, 1.82) is 0 Å². The Kier molecular flexibility index (Phi) is 3.65. The molecule has 3 aromatic heterocycles. The van der Waals surface area contributed by atoms with Crippen LogP contribution in [0.2, 0.25) is 0 Å². The summed E-state index contributed by atoms with van der Waals surface area (Å²) in [6.07, 6.45) is 1.81. The van der Waals surface area contributed by atoms with Gasteiger partial charge in [0.1, 0.15) is 23.9 Å². The molecular weight excluding hydrogens is 354 g/mol. The number of aryl methyl sites for hydroxylation is 2. The summed E-state index contributed by atoms with van der Waals surface area (Å²) in [5.41, 5.74) is 5.64. The first kappa shape index (κ1) is 16.8. The predicted molar refractivity (Wildman–Crippen MR) is 107 cm³/mol. The molecule has 0 aliphatic carbocycles. The highest BCUT2D eigenvalue weighted by Crippen LogP contribution is 2.45. The standard InChI is InChI=1S/C21H21N5O2/c1-12-18(13(2)28-24-12)14-8-9-16-19-20(14)27-11-17(15-7-5-6-10-22-15)26(19)21(23-16)25(3)4/h5-10,17H,11H2,1-4H3. The average Bonchev–Trinajstić information content (AvgIpc) is 3.25. The first-order chi connectivity index (χ1) is 13.6. The molecule has 0 amide bonds. The van der Waals surface area contributed by atoms with Crippen LogP contribution in [0.25, 0.3) is 22.2 Å². The van der Waals surface area contributed by atoms with Crippen LogP contribution >= 0.6 is 0 Å². The first-order valence-corrected chi connectivity index (χ1v) is 9.25. The molecular formula is C21H21N5O2. The lowest BCUT2D eigenvalue weighted by Gasteiger charge is -2.29. The minimum absolute atomic E-state index is 0.0454. The van der Waals surface area contributed by atoms with E-state index in [9.17, 15) is 0 Å². The van der Waals surface area contributed by atoms with Crippen molar-refractivity contribution < 1.29 is 9.26 Å². The van der Waals surface area contributed by atoms with E-state index in [1.54, 1.807) is 0 Å². The number of rotatable bonds is 3. The highest BCUT2D eigenvalue weighted by molar-refractivity contribution is 5.94. The lowest BCUT2D eigenvalue weighted by Crippen LogP contribution is -2.27. The van der Waals surface area contributed by atoms with E-state index in [2.05, 4.69) is 14.7 Å². The molecule has 7 heteroatoms. The molecule has 5 rings (SSSR count). The number of nitrogens with zero attached hydrogens (tertiary/aromatic N) is 5. The Bertz CT molecular complexity index is 1160. The second-order valence-electron chi connectivity index (χ2n) is 7.27. The molecule has 0 radical (unpaired) electrons. The van der Waals surface area contributed by atoms with E-state index >= 15 is 0 Å². The van der Waals surface area contributed by atoms with Crippen LogP contribution in [0.3, 0.4) is 0 Å². The number of imidazole rings is 1. The van der Waals surface area contributed by atoms with Crippen molar-refractivity contribution in [3.8, 4) is 16.9 Å². The van der Waals surface area contributed by atoms with E-state index in [1.807, 2.05) is 69.4 Å². The summed E-state index contributed by atoms with van der Waals surface area (Å²) in [4.78, 5) is 11.5. The van der Waals surface area contributed by atoms with Crippen molar-refractivity contribution in [2.24, 2.45) is 0 Å². The highest BCUT2D eigenvalue weighted by Gasteiger charge is 2.32. The molecule has 0 saturated carbocycles. The van der Waals surface area contributed by atoms with Gasteiger partial charge < -0.3 is 14.2 Å². The largest absolute Gasteiger partial charge is 0.488 e. The fraction of sp³-hybridized carbons (Fsp3) is 0.286. The summed E-state index contributed by atoms with van der Waals surface area (Å²) in [6.45, 7) is 4.36. The zero-order chi connectivity index (χ0) is 19.4. The number of anilines is 1. The van der Waals surface area contributed by atoms with Crippen molar-refractivity contribution in [2.75, 3.05) is 25.6 Å². The van der Waals surface area contributed by atoms with Gasteiger partial charge in [-0.25, -0.2) is 4.98 Å². The zero-order valence-electron chi connectivity index (χ0n) is 16.3. The lowest BCUT2D eigenvalue weighted by atomic mass is 10.0. The molecule has 1 unspecified atom stereocenters. The fourth-order valence-electron chi connectivity index (χ4n) is 3.99. The molecule has 1 aliphatic rings. The van der Waals surface area contributed by atoms with Gasteiger partial charge in [-0.2, -0.15) is 0 Å². The minimum atomic E-state index is -0.0454. The van der Waals surface area contributed by atoms with Crippen molar-refractivity contribution in [3.63, 3.8) is 0 Å². The van der Waals surface area contributed by atoms with Crippen LogP contribution in [0.5, 0.6) is 5.75 Å². The summed E-state index contributed by atoms with van der Waals surface area (Å²) >= 11 is 0. The fourth-order valence-corrected chi connectivity index (χ4v) is 3.99. The summed E-state index contributed by atoms with van der Waals surface area (Å²) in [7, 11) is 4.01. The van der Waals surface area contributed by atoms with E-state index in [1.165, 1.54) is 0 Å². The minimum Gasteiger partial charge on any atom is -0.488 e. The molecule has 0 saturated heterocycles. The van der Waals surface area contributed by atoms with Crippen LogP contribution in [-0.4, -0.2) is 40.4 Å². The van der Waals surface area contributed by atoms with Gasteiger partial charge >= 0.3 is 0 Å². The molecule has 0 N–H and O–H groups in total. The van der Waals surface area contributed by atoms with E-state index in [-0.39, 0.29) is 6.04 Å². The Morgan fingerprint density at radius 2 is 2.00 bits per heavy atom. The Morgan fingerprint density at radius 1 is 1.14 bits per heavy atom. The highest BCUT2D eigenvalue weighted by atomic mass is 16.5. The van der Waals surface area contributed by atoms with Crippen LogP contribution in [0.15, 0.2) is 41.1 Å². The van der Waals surface area contributed by atoms with Crippen LogP contribution in [0, 0.1) is 13.8 Å². The molecule has 4 aromatic rings. The smallest absolute Gasteiger partial charge is 0.206 e. The van der Waals surface area contributed by atoms with Gasteiger partial charge in [-0.15, -0.1) is 0 Å². The third-order valence-electron chi connectivity index (χ3n) is 5.22. The molecule has 7 nitrogen and oxygen atoms in total. The Labute approximate surface area is 162 Å². The third kappa shape index (κ3) is 2.32. The van der Waals surface area contributed by atoms with Crippen LogP contribution in [0.4, 0.5) is 5.95 Å². The molecule has 1 aromatic carbocycles. The number of ether oxygens (including phenoxy) is 1. The van der Waals surface area contributed by atoms with Gasteiger partial charge in [0.05, 0.1) is 22.5 Å². The van der Waals surface area contributed by atoms with Crippen molar-refractivity contribution in [3.05, 3.63) is 53.7 Å². The molecule has 0 bridgehead atoms. The maximum atomic E-state index is 6.33. The summed E-state index contributed by atoms with van der Waals surface area (Å²) < 4.78 is 14.0. The second-order valence-corrected chi connectivity index (χ2v) is 7.27. The monoisotopic (exact) mass is 375 g/mol. The molecule has 28 heavy (non-hydrogen) atoms. The van der Waals surface area contributed by atoms with Crippen molar-refractivity contribution in [1.82, 2.24) is 19.7 Å². The summed E-state index contributed by atoms with van der Waals surface area (Å²) in [6, 6.07) is 9.99. The SMILES string of the molecule is Cc1noc(C)c1-c1ccc2nc(N(C)C)n3c2c1OCC3c1ccccn1. The molecule has 0 fully saturated rings. The molecule has 0 spiro atoms. The normalized spacial score (nSPS) is 15.6. The summed E-state index contributed by atoms with van der Waals surface area (Å²) in [5.74, 6) is 2.48. The number of aromatic nitrogens is 4. The maximum Gasteiger partial charge on any atom is 0.206 e.